The van der Waals surface area contributed by atoms with Crippen molar-refractivity contribution in [3.8, 4) is 11.1 Å². The van der Waals surface area contributed by atoms with Crippen LogP contribution in [0.1, 0.15) is 13.8 Å². The summed E-state index contributed by atoms with van der Waals surface area (Å²) in [5.41, 5.74) is 0.222. The van der Waals surface area contributed by atoms with Gasteiger partial charge in [-0.25, -0.2) is 16.8 Å². The Kier molecular flexibility index (Phi) is 13.0. The molecule has 0 saturated heterocycles. The molecule has 4 aromatic carbocycles. The Morgan fingerprint density at radius 3 is 1.21 bits per heavy atom. The first-order valence-electron chi connectivity index (χ1n) is 14.4. The number of rotatable bonds is 9. The normalized spacial score (nSPS) is 15.6. The van der Waals surface area contributed by atoms with Gasteiger partial charge in [0.1, 0.15) is 20.2 Å². The van der Waals surface area contributed by atoms with E-state index in [9.17, 15) is 35.5 Å². The van der Waals surface area contributed by atoms with E-state index in [4.69, 9.17) is 0 Å². The largest absolute Gasteiger partial charge is 1.00 e. The fraction of sp³-hybridized carbons (Fsp3) is 0.0625. The summed E-state index contributed by atoms with van der Waals surface area (Å²) in [5, 5.41) is 26.3. The van der Waals surface area contributed by atoms with Crippen LogP contribution in [0.2, 0.25) is 0 Å². The molecule has 0 aromatic heterocycles. The molecule has 0 atom stereocenters. The Bertz CT molecular complexity index is 2210. The van der Waals surface area contributed by atoms with Gasteiger partial charge in [0.2, 0.25) is 12.1 Å². The fourth-order valence-electron chi connectivity index (χ4n) is 4.93. The molecule has 0 unspecified atom stereocenters. The van der Waals surface area contributed by atoms with Crippen LogP contribution in [0.4, 0.5) is 22.7 Å². The van der Waals surface area contributed by atoms with Gasteiger partial charge in [-0.3, -0.25) is 9.59 Å². The molecule has 2 heterocycles. The smallest absolute Gasteiger partial charge is 0.744 e. The number of amides is 2. The molecule has 2 aliphatic rings. The molecule has 252 valence electrons. The van der Waals surface area contributed by atoms with Gasteiger partial charge < -0.3 is 9.11 Å². The van der Waals surface area contributed by atoms with Gasteiger partial charge in [0.15, 0.2) is 0 Å². The standard InChI is InChI=1S/C32H24N8O8S2.2Na/c1-19-29(31(41)39(37-19)23-9-5-3-6-10-23)35-33-21-13-15-25(27(17-21)49(43,44)45)26-16-14-22(18-28(26)50(46,47)48)34-36-30-20(2)38-40(32(30)42)24-11-7-4-8-12-24;;/h3-18H,1-2H3,(H,43,44,45)(H,46,47,48);;/q;2*+1/p-2. The molecule has 16 nitrogen and oxygen atoms in total. The first kappa shape index (κ1) is 40.9. The van der Waals surface area contributed by atoms with E-state index in [0.29, 0.717) is 11.4 Å². The molecule has 6 rings (SSSR count). The van der Waals surface area contributed by atoms with Gasteiger partial charge in [-0.05, 0) is 62.4 Å². The minimum absolute atomic E-state index is 0. The third-order valence-corrected chi connectivity index (χ3v) is 9.02. The SMILES string of the molecule is CC1=NN(c2ccccc2)C(=O)[C]1N=Nc1ccc(-c2ccc(N=N[C]3C(=O)N(c4ccccc4)N=C3C)cc2S(=O)(=O)[O-])c(S(=O)(=O)[O-])c1.[Na+].[Na+]. The van der Waals surface area contributed by atoms with Gasteiger partial charge in [-0.1, -0.05) is 48.5 Å². The predicted molar refractivity (Wildman–Crippen MR) is 177 cm³/mol. The number of carbonyl (C=O) groups is 2. The Morgan fingerprint density at radius 2 is 0.885 bits per heavy atom. The number of anilines is 2. The molecule has 2 radical (unpaired) electrons. The first-order chi connectivity index (χ1) is 23.7. The quantitative estimate of drug-likeness (QED) is 0.120. The monoisotopic (exact) mass is 756 g/mol. The van der Waals surface area contributed by atoms with E-state index in [0.717, 1.165) is 34.3 Å². The molecule has 0 bridgehead atoms. The molecule has 0 spiro atoms. The van der Waals surface area contributed by atoms with Crippen molar-refractivity contribution in [2.75, 3.05) is 10.0 Å². The van der Waals surface area contributed by atoms with E-state index in [1.807, 2.05) is 0 Å². The Morgan fingerprint density at radius 1 is 0.538 bits per heavy atom. The molecule has 20 heteroatoms. The van der Waals surface area contributed by atoms with Crippen LogP contribution >= 0.6 is 0 Å². The van der Waals surface area contributed by atoms with Crippen molar-refractivity contribution < 1.29 is 94.6 Å². The van der Waals surface area contributed by atoms with Crippen LogP contribution < -0.4 is 69.1 Å². The van der Waals surface area contributed by atoms with Crippen molar-refractivity contribution in [2.24, 2.45) is 30.7 Å². The Hall–Kier alpha value is -3.82. The van der Waals surface area contributed by atoms with Crippen LogP contribution in [-0.2, 0) is 29.8 Å². The number of nitrogens with zero attached hydrogens (tertiary/aromatic N) is 8. The first-order valence-corrected chi connectivity index (χ1v) is 17.2. The van der Waals surface area contributed by atoms with Crippen LogP contribution in [-0.4, -0.2) is 49.2 Å². The van der Waals surface area contributed by atoms with Gasteiger partial charge in [-0.2, -0.15) is 40.7 Å². The Labute approximate surface area is 342 Å². The number of hydrogen-bond acceptors (Lipinski definition) is 14. The zero-order valence-electron chi connectivity index (χ0n) is 27.9. The van der Waals surface area contributed by atoms with E-state index in [1.54, 1.807) is 60.7 Å². The maximum absolute atomic E-state index is 12.9. The minimum atomic E-state index is -5.30. The zero-order chi connectivity index (χ0) is 35.8. The van der Waals surface area contributed by atoms with Crippen molar-refractivity contribution in [3.05, 3.63) is 109 Å². The average Bonchev–Trinajstić information content (AvgIpc) is 3.54. The summed E-state index contributed by atoms with van der Waals surface area (Å²) in [6.45, 7) is 3.05. The summed E-state index contributed by atoms with van der Waals surface area (Å²) >= 11 is 0. The molecular formula is C32H22N8Na2O8S2. The second kappa shape index (κ2) is 16.5. The maximum atomic E-state index is 12.9. The summed E-state index contributed by atoms with van der Waals surface area (Å²) in [6, 6.07) is 23.0. The zero-order valence-corrected chi connectivity index (χ0v) is 33.5. The molecule has 4 aromatic rings. The second-order valence-corrected chi connectivity index (χ2v) is 13.3. The molecule has 52 heavy (non-hydrogen) atoms. The summed E-state index contributed by atoms with van der Waals surface area (Å²) < 4.78 is 74.3. The number of azo groups is 2. The molecule has 2 amide bonds. The molecule has 0 fully saturated rings. The third kappa shape index (κ3) is 8.69. The Balaban J connectivity index is 0.00000302. The molecule has 0 saturated carbocycles. The second-order valence-electron chi connectivity index (χ2n) is 10.6. The minimum Gasteiger partial charge on any atom is -0.744 e. The van der Waals surface area contributed by atoms with Gasteiger partial charge >= 0.3 is 59.1 Å². The van der Waals surface area contributed by atoms with Crippen LogP contribution in [0.15, 0.2) is 138 Å². The topological polar surface area (TPSA) is 229 Å². The number of hydrazone groups is 2. The van der Waals surface area contributed by atoms with E-state index in [2.05, 4.69) is 30.7 Å². The molecule has 0 aliphatic carbocycles. The van der Waals surface area contributed by atoms with E-state index >= 15 is 0 Å². The summed E-state index contributed by atoms with van der Waals surface area (Å²) in [4.78, 5) is 24.1. The average molecular weight is 757 g/mol. The van der Waals surface area contributed by atoms with Crippen LogP contribution in [0, 0.1) is 12.1 Å². The fourth-order valence-corrected chi connectivity index (χ4v) is 6.36. The van der Waals surface area contributed by atoms with Crippen molar-refractivity contribution in [1.29, 1.82) is 0 Å². The number of para-hydroxylation sites is 2. The number of benzene rings is 4. The van der Waals surface area contributed by atoms with Crippen LogP contribution in [0.25, 0.3) is 11.1 Å². The number of hydrogen-bond donors (Lipinski definition) is 0. The summed E-state index contributed by atoms with van der Waals surface area (Å²) in [5.74, 6) is -1.19. The van der Waals surface area contributed by atoms with E-state index in [-0.39, 0.29) is 94.0 Å². The van der Waals surface area contributed by atoms with Gasteiger partial charge in [-0.15, -0.1) is 0 Å². The van der Waals surface area contributed by atoms with Crippen LogP contribution in [0.5, 0.6) is 0 Å². The summed E-state index contributed by atoms with van der Waals surface area (Å²) in [7, 11) is -10.6. The van der Waals surface area contributed by atoms with Gasteiger partial charge in [0.05, 0.1) is 44.0 Å². The van der Waals surface area contributed by atoms with E-state index < -0.39 is 53.0 Å². The third-order valence-electron chi connectivity index (χ3n) is 7.27. The van der Waals surface area contributed by atoms with Crippen LogP contribution in [0.3, 0.4) is 0 Å². The predicted octanol–water partition coefficient (Wildman–Crippen LogP) is -0.753. The molecular weight excluding hydrogens is 735 g/mol. The van der Waals surface area contributed by atoms with Gasteiger partial charge in [0.25, 0.3) is 11.8 Å². The van der Waals surface area contributed by atoms with Gasteiger partial charge in [0, 0.05) is 11.1 Å². The van der Waals surface area contributed by atoms with Crippen molar-refractivity contribution in [3.63, 3.8) is 0 Å². The van der Waals surface area contributed by atoms with Crippen molar-refractivity contribution in [1.82, 2.24) is 0 Å². The summed E-state index contributed by atoms with van der Waals surface area (Å²) in [6.07, 6.45) is 0. The molecule has 2 aliphatic heterocycles. The molecule has 0 N–H and O–H groups in total. The maximum Gasteiger partial charge on any atom is 1.00 e. The van der Waals surface area contributed by atoms with E-state index in [1.165, 1.54) is 26.0 Å². The number of carbonyl (C=O) groups excluding carboxylic acids is 2. The van der Waals surface area contributed by atoms with Crippen molar-refractivity contribution in [2.45, 2.75) is 23.6 Å². The van der Waals surface area contributed by atoms with Crippen molar-refractivity contribution >= 4 is 66.2 Å².